The number of carbonyl (C=O) groups is 1. The molecule has 76 valence electrons. The van der Waals surface area contributed by atoms with E-state index >= 15 is 0 Å². The Morgan fingerprint density at radius 2 is 1.92 bits per heavy atom. The van der Waals surface area contributed by atoms with Crippen LogP contribution in [-0.2, 0) is 9.53 Å². The summed E-state index contributed by atoms with van der Waals surface area (Å²) in [7, 11) is 0. The third-order valence-electron chi connectivity index (χ3n) is 2.45. The van der Waals surface area contributed by atoms with Gasteiger partial charge in [0.15, 0.2) is 0 Å². The van der Waals surface area contributed by atoms with E-state index in [9.17, 15) is 4.79 Å². The molecule has 0 saturated heterocycles. The van der Waals surface area contributed by atoms with Gasteiger partial charge in [0.1, 0.15) is 6.10 Å². The first kappa shape index (κ1) is 12.2. The number of carbonyl (C=O) groups excluding carboxylic acids is 1. The van der Waals surface area contributed by atoms with Crippen LogP contribution >= 0.6 is 0 Å². The van der Waals surface area contributed by atoms with E-state index in [4.69, 9.17) is 4.74 Å². The van der Waals surface area contributed by atoms with Crippen molar-refractivity contribution < 1.29 is 9.53 Å². The lowest BCUT2D eigenvalue weighted by Gasteiger charge is -2.19. The molecule has 0 N–H and O–H groups in total. The van der Waals surface area contributed by atoms with Crippen molar-refractivity contribution in [3.63, 3.8) is 0 Å². The van der Waals surface area contributed by atoms with Gasteiger partial charge in [0.05, 0.1) is 0 Å². The molecule has 2 atom stereocenters. The van der Waals surface area contributed by atoms with E-state index in [0.717, 1.165) is 6.42 Å². The van der Waals surface area contributed by atoms with Crippen LogP contribution in [0.25, 0.3) is 0 Å². The maximum atomic E-state index is 11.3. The molecule has 0 aliphatic rings. The van der Waals surface area contributed by atoms with Crippen LogP contribution < -0.4 is 0 Å². The molecule has 0 spiro atoms. The second-order valence-electron chi connectivity index (χ2n) is 3.45. The van der Waals surface area contributed by atoms with Crippen LogP contribution in [0.1, 0.15) is 40.5 Å². The molecule has 0 aliphatic carbocycles. The molecule has 0 rings (SSSR count). The number of hydrogen-bond acceptors (Lipinski definition) is 2. The molecule has 0 aromatic rings. The quantitative estimate of drug-likeness (QED) is 0.485. The van der Waals surface area contributed by atoms with Gasteiger partial charge in [-0.1, -0.05) is 33.8 Å². The Hall–Kier alpha value is -0.790. The van der Waals surface area contributed by atoms with Crippen molar-refractivity contribution in [1.82, 2.24) is 0 Å². The van der Waals surface area contributed by atoms with Crippen LogP contribution in [0.4, 0.5) is 0 Å². The summed E-state index contributed by atoms with van der Waals surface area (Å²) in [4.78, 5) is 11.3. The molecule has 0 aliphatic heterocycles. The van der Waals surface area contributed by atoms with Gasteiger partial charge in [-0.15, -0.1) is 0 Å². The Morgan fingerprint density at radius 3 is 2.31 bits per heavy atom. The molecule has 0 amide bonds. The maximum Gasteiger partial charge on any atom is 0.333 e. The van der Waals surface area contributed by atoms with E-state index in [2.05, 4.69) is 20.4 Å². The third kappa shape index (κ3) is 4.11. The molecule has 0 aromatic heterocycles. The molecule has 2 nitrogen and oxygen atoms in total. The van der Waals surface area contributed by atoms with E-state index in [1.165, 1.54) is 0 Å². The van der Waals surface area contributed by atoms with E-state index in [1.54, 1.807) is 0 Å². The van der Waals surface area contributed by atoms with Gasteiger partial charge >= 0.3 is 5.97 Å². The zero-order chi connectivity index (χ0) is 10.4. The Labute approximate surface area is 81.0 Å². The van der Waals surface area contributed by atoms with Crippen molar-refractivity contribution in [3.8, 4) is 0 Å². The minimum atomic E-state index is -0.254. The monoisotopic (exact) mass is 184 g/mol. The summed E-state index contributed by atoms with van der Waals surface area (Å²) >= 11 is 0. The zero-order valence-electron chi connectivity index (χ0n) is 9.09. The van der Waals surface area contributed by atoms with E-state index in [0.29, 0.717) is 17.9 Å². The average molecular weight is 184 g/mol. The summed E-state index contributed by atoms with van der Waals surface area (Å²) in [6, 6.07) is 0. The molecule has 0 saturated carbocycles. The molecule has 2 unspecified atom stereocenters. The molecule has 0 fully saturated rings. The van der Waals surface area contributed by atoms with E-state index in [1.807, 2.05) is 13.8 Å². The lowest BCUT2D eigenvalue weighted by Crippen LogP contribution is -2.22. The third-order valence-corrected chi connectivity index (χ3v) is 2.45. The van der Waals surface area contributed by atoms with Gasteiger partial charge in [0, 0.05) is 5.57 Å². The smallest absolute Gasteiger partial charge is 0.333 e. The molecule has 13 heavy (non-hydrogen) atoms. The first-order valence-electron chi connectivity index (χ1n) is 4.91. The normalized spacial score (nSPS) is 14.8. The number of hydrogen-bond donors (Lipinski definition) is 0. The topological polar surface area (TPSA) is 26.3 Å². The van der Waals surface area contributed by atoms with Crippen LogP contribution in [0.15, 0.2) is 12.2 Å². The standard InChI is InChI=1S/C11H20O2/c1-6-8(3)10(5)13-11(12)9(4)7-2/h8,10H,4,6-7H2,1-3,5H3. The molecule has 0 heterocycles. The summed E-state index contributed by atoms with van der Waals surface area (Å²) in [5.41, 5.74) is 0.551. The lowest BCUT2D eigenvalue weighted by molar-refractivity contribution is -0.145. The fraction of sp³-hybridized carbons (Fsp3) is 0.727. The Kier molecular flexibility index (Phi) is 5.44. The summed E-state index contributed by atoms with van der Waals surface area (Å²) < 4.78 is 5.22. The minimum Gasteiger partial charge on any atom is -0.459 e. The second-order valence-corrected chi connectivity index (χ2v) is 3.45. The summed E-state index contributed by atoms with van der Waals surface area (Å²) in [6.07, 6.45) is 1.67. The Bertz CT molecular complexity index is 185. The highest BCUT2D eigenvalue weighted by atomic mass is 16.5. The van der Waals surface area contributed by atoms with Gasteiger partial charge in [-0.2, -0.15) is 0 Å². The summed E-state index contributed by atoms with van der Waals surface area (Å²) in [6.45, 7) is 11.6. The van der Waals surface area contributed by atoms with Crippen LogP contribution in [0.5, 0.6) is 0 Å². The van der Waals surface area contributed by atoms with Gasteiger partial charge in [-0.05, 0) is 19.3 Å². The number of ether oxygens (including phenoxy) is 1. The predicted octanol–water partition coefficient (Wildman–Crippen LogP) is 2.93. The van der Waals surface area contributed by atoms with Crippen molar-refractivity contribution in [2.75, 3.05) is 0 Å². The highest BCUT2D eigenvalue weighted by molar-refractivity contribution is 5.87. The van der Waals surface area contributed by atoms with Crippen molar-refractivity contribution >= 4 is 5.97 Å². The lowest BCUT2D eigenvalue weighted by atomic mass is 10.0. The van der Waals surface area contributed by atoms with Gasteiger partial charge in [0.2, 0.25) is 0 Å². The van der Waals surface area contributed by atoms with E-state index < -0.39 is 0 Å². The fourth-order valence-electron chi connectivity index (χ4n) is 0.845. The summed E-state index contributed by atoms with van der Waals surface area (Å²) in [5.74, 6) is 0.156. The second kappa shape index (κ2) is 5.79. The highest BCUT2D eigenvalue weighted by Crippen LogP contribution is 2.12. The molecular formula is C11H20O2. The molecule has 0 bridgehead atoms. The molecule has 0 aromatic carbocycles. The number of esters is 1. The largest absolute Gasteiger partial charge is 0.459 e. The van der Waals surface area contributed by atoms with Crippen molar-refractivity contribution in [1.29, 1.82) is 0 Å². The highest BCUT2D eigenvalue weighted by Gasteiger charge is 2.16. The first-order chi connectivity index (χ1) is 6.02. The van der Waals surface area contributed by atoms with Crippen LogP contribution in [0.2, 0.25) is 0 Å². The summed E-state index contributed by atoms with van der Waals surface area (Å²) in [5, 5.41) is 0. The zero-order valence-corrected chi connectivity index (χ0v) is 9.09. The molecule has 2 heteroatoms. The maximum absolute atomic E-state index is 11.3. The Balaban J connectivity index is 3.98. The first-order valence-corrected chi connectivity index (χ1v) is 4.91. The van der Waals surface area contributed by atoms with Gasteiger partial charge in [0.25, 0.3) is 0 Å². The van der Waals surface area contributed by atoms with Crippen molar-refractivity contribution in [3.05, 3.63) is 12.2 Å². The Morgan fingerprint density at radius 1 is 1.38 bits per heavy atom. The van der Waals surface area contributed by atoms with Gasteiger partial charge < -0.3 is 4.74 Å². The van der Waals surface area contributed by atoms with Crippen molar-refractivity contribution in [2.24, 2.45) is 5.92 Å². The molecule has 0 radical (unpaired) electrons. The van der Waals surface area contributed by atoms with Crippen LogP contribution in [-0.4, -0.2) is 12.1 Å². The van der Waals surface area contributed by atoms with E-state index in [-0.39, 0.29) is 12.1 Å². The average Bonchev–Trinajstić information content (AvgIpc) is 2.14. The van der Waals surface area contributed by atoms with Crippen molar-refractivity contribution in [2.45, 2.75) is 46.6 Å². The predicted molar refractivity (Wildman–Crippen MR) is 54.4 cm³/mol. The SMILES string of the molecule is C=C(CC)C(=O)OC(C)C(C)CC. The number of rotatable bonds is 5. The van der Waals surface area contributed by atoms with Gasteiger partial charge in [-0.25, -0.2) is 4.79 Å². The van der Waals surface area contributed by atoms with Gasteiger partial charge in [-0.3, -0.25) is 0 Å². The van der Waals surface area contributed by atoms with Crippen LogP contribution in [0, 0.1) is 5.92 Å². The fourth-order valence-corrected chi connectivity index (χ4v) is 0.845. The van der Waals surface area contributed by atoms with Crippen LogP contribution in [0.3, 0.4) is 0 Å². The molecular weight excluding hydrogens is 164 g/mol. The minimum absolute atomic E-state index is 0.0131.